The van der Waals surface area contributed by atoms with E-state index < -0.39 is 0 Å². The maximum atomic E-state index is 8.34. The molecule has 0 spiro atoms. The van der Waals surface area contributed by atoms with Gasteiger partial charge in [-0.25, -0.2) is 4.89 Å². The Bertz CT molecular complexity index is 53.6. The quantitative estimate of drug-likeness (QED) is 0.299. The van der Waals surface area contributed by atoms with Crippen molar-refractivity contribution < 1.29 is 20.0 Å². The third-order valence-electron chi connectivity index (χ3n) is 0.848. The second kappa shape index (κ2) is 8.80. The number of unbranched alkanes of at least 4 members (excludes halogenated alkanes) is 1. The van der Waals surface area contributed by atoms with E-state index in [4.69, 9.17) is 5.11 Å². The largest absolute Gasteiger partial charge is 0.396 e. The van der Waals surface area contributed by atoms with E-state index in [1.165, 1.54) is 7.11 Å². The van der Waals surface area contributed by atoms with Crippen LogP contribution in [-0.2, 0) is 14.9 Å². The number of aliphatic hydroxyl groups is 1. The van der Waals surface area contributed by atoms with Crippen LogP contribution in [0.4, 0.5) is 0 Å². The monoisotopic (exact) mass is 151 g/mol. The van der Waals surface area contributed by atoms with Gasteiger partial charge in [-0.05, 0) is 17.9 Å². The zero-order valence-electron chi connectivity index (χ0n) is 6.00. The van der Waals surface area contributed by atoms with Crippen molar-refractivity contribution >= 4 is 0 Å². The number of rotatable bonds is 7. The molecule has 0 aromatic rings. The molecule has 5 nitrogen and oxygen atoms in total. The van der Waals surface area contributed by atoms with Gasteiger partial charge in [0.1, 0.15) is 0 Å². The fourth-order valence-electron chi connectivity index (χ4n) is 0.409. The third kappa shape index (κ3) is 7.80. The van der Waals surface area contributed by atoms with Crippen LogP contribution in [0.2, 0.25) is 0 Å². The van der Waals surface area contributed by atoms with Crippen LogP contribution in [0, 0.1) is 0 Å². The molecule has 0 aliphatic carbocycles. The predicted molar refractivity (Wildman–Crippen MR) is 33.5 cm³/mol. The molecule has 62 valence electrons. The summed E-state index contributed by atoms with van der Waals surface area (Å²) < 4.78 is 0. The molecule has 0 atom stereocenters. The minimum atomic E-state index is 0.201. The van der Waals surface area contributed by atoms with Crippen molar-refractivity contribution in [2.24, 2.45) is 0 Å². The molecular formula is C5H13NO4. The Labute approximate surface area is 59.7 Å². The summed E-state index contributed by atoms with van der Waals surface area (Å²) in [5.41, 5.74) is 2.46. The van der Waals surface area contributed by atoms with Crippen LogP contribution in [0.25, 0.3) is 0 Å². The van der Waals surface area contributed by atoms with Crippen LogP contribution in [0.5, 0.6) is 0 Å². The van der Waals surface area contributed by atoms with Crippen molar-refractivity contribution in [3.63, 3.8) is 0 Å². The first-order valence-electron chi connectivity index (χ1n) is 3.12. The molecule has 0 unspecified atom stereocenters. The molecule has 0 fully saturated rings. The Morgan fingerprint density at radius 3 is 2.80 bits per heavy atom. The van der Waals surface area contributed by atoms with E-state index in [9.17, 15) is 0 Å². The summed E-state index contributed by atoms with van der Waals surface area (Å²) in [5.74, 6) is 0. The number of hydrogen-bond acceptors (Lipinski definition) is 5. The van der Waals surface area contributed by atoms with Crippen molar-refractivity contribution in [2.45, 2.75) is 12.8 Å². The standard InChI is InChI=1S/C5H13NO4/c1-8-10-9-6-4-2-3-5-7/h6-7H,2-5H2,1H3. The lowest BCUT2D eigenvalue weighted by Crippen LogP contribution is -2.16. The molecule has 0 saturated heterocycles. The van der Waals surface area contributed by atoms with E-state index in [2.05, 4.69) is 20.4 Å². The lowest BCUT2D eigenvalue weighted by atomic mass is 10.3. The minimum Gasteiger partial charge on any atom is -0.396 e. The van der Waals surface area contributed by atoms with Gasteiger partial charge in [-0.15, -0.1) is 4.99 Å². The van der Waals surface area contributed by atoms with Crippen LogP contribution in [0.15, 0.2) is 0 Å². The van der Waals surface area contributed by atoms with E-state index in [-0.39, 0.29) is 6.61 Å². The second-order valence-electron chi connectivity index (χ2n) is 1.64. The first-order chi connectivity index (χ1) is 4.91. The zero-order chi connectivity index (χ0) is 7.66. The summed E-state index contributed by atoms with van der Waals surface area (Å²) in [6.07, 6.45) is 1.59. The van der Waals surface area contributed by atoms with Crippen LogP contribution in [0.1, 0.15) is 12.8 Å². The van der Waals surface area contributed by atoms with Crippen LogP contribution >= 0.6 is 0 Å². The van der Waals surface area contributed by atoms with Gasteiger partial charge in [-0.1, -0.05) is 0 Å². The van der Waals surface area contributed by atoms with Crippen LogP contribution < -0.4 is 5.48 Å². The molecule has 0 aromatic heterocycles. The molecule has 0 bridgehead atoms. The van der Waals surface area contributed by atoms with Crippen LogP contribution in [-0.4, -0.2) is 25.4 Å². The number of nitrogens with one attached hydrogen (secondary N) is 1. The Kier molecular flexibility index (Phi) is 8.62. The molecule has 0 heterocycles. The number of hydroxylamine groups is 1. The molecule has 0 rings (SSSR count). The van der Waals surface area contributed by atoms with E-state index >= 15 is 0 Å². The molecule has 5 heteroatoms. The first-order valence-corrected chi connectivity index (χ1v) is 3.12. The highest BCUT2D eigenvalue weighted by molar-refractivity contribution is 4.36. The maximum absolute atomic E-state index is 8.34. The third-order valence-corrected chi connectivity index (χ3v) is 0.848. The summed E-state index contributed by atoms with van der Waals surface area (Å²) >= 11 is 0. The van der Waals surface area contributed by atoms with Gasteiger partial charge < -0.3 is 5.11 Å². The van der Waals surface area contributed by atoms with E-state index in [0.717, 1.165) is 12.8 Å². The Balaban J connectivity index is 2.65. The number of aliphatic hydroxyl groups excluding tert-OH is 1. The lowest BCUT2D eigenvalue weighted by molar-refractivity contribution is -0.524. The van der Waals surface area contributed by atoms with Gasteiger partial charge in [0.25, 0.3) is 0 Å². The summed E-state index contributed by atoms with van der Waals surface area (Å²) in [6, 6.07) is 0. The van der Waals surface area contributed by atoms with Gasteiger partial charge in [0.05, 0.1) is 7.11 Å². The SMILES string of the molecule is COOONCCCCO. The smallest absolute Gasteiger partial charge is 0.0745 e. The summed E-state index contributed by atoms with van der Waals surface area (Å²) in [5, 5.41) is 12.4. The fraction of sp³-hybridized carbons (Fsp3) is 1.00. The molecular weight excluding hydrogens is 138 g/mol. The van der Waals surface area contributed by atoms with Crippen molar-refractivity contribution in [1.82, 2.24) is 5.48 Å². The molecule has 0 aliphatic heterocycles. The summed E-state index contributed by atoms with van der Waals surface area (Å²) in [6.45, 7) is 0.830. The average molecular weight is 151 g/mol. The van der Waals surface area contributed by atoms with Gasteiger partial charge in [0.15, 0.2) is 0 Å². The fourth-order valence-corrected chi connectivity index (χ4v) is 0.409. The molecule has 0 aromatic carbocycles. The minimum absolute atomic E-state index is 0.201. The van der Waals surface area contributed by atoms with Gasteiger partial charge in [-0.3, -0.25) is 0 Å². The Morgan fingerprint density at radius 1 is 1.40 bits per heavy atom. The second-order valence-corrected chi connectivity index (χ2v) is 1.64. The predicted octanol–water partition coefficient (Wildman–Crippen LogP) is -0.227. The highest BCUT2D eigenvalue weighted by Crippen LogP contribution is 1.83. The van der Waals surface area contributed by atoms with Crippen molar-refractivity contribution in [3.05, 3.63) is 0 Å². The first kappa shape index (κ1) is 9.80. The molecule has 10 heavy (non-hydrogen) atoms. The normalized spacial score (nSPS) is 10.2. The van der Waals surface area contributed by atoms with Crippen molar-refractivity contribution in [2.75, 3.05) is 20.3 Å². The van der Waals surface area contributed by atoms with Gasteiger partial charge in [0.2, 0.25) is 0 Å². The Hall–Kier alpha value is -0.200. The van der Waals surface area contributed by atoms with Gasteiger partial charge in [-0.2, -0.15) is 5.48 Å². The van der Waals surface area contributed by atoms with Crippen molar-refractivity contribution in [1.29, 1.82) is 0 Å². The zero-order valence-corrected chi connectivity index (χ0v) is 6.00. The maximum Gasteiger partial charge on any atom is 0.0745 e. The molecule has 2 N–H and O–H groups in total. The molecule has 0 amide bonds. The topological polar surface area (TPSA) is 60.0 Å². The van der Waals surface area contributed by atoms with E-state index in [0.29, 0.717) is 6.54 Å². The summed E-state index contributed by atoms with van der Waals surface area (Å²) in [4.78, 5) is 8.39. The van der Waals surface area contributed by atoms with E-state index in [1.54, 1.807) is 0 Å². The van der Waals surface area contributed by atoms with Gasteiger partial charge >= 0.3 is 0 Å². The highest BCUT2D eigenvalue weighted by atomic mass is 17.5. The lowest BCUT2D eigenvalue weighted by Gasteiger charge is -1.99. The Morgan fingerprint density at radius 2 is 2.20 bits per heavy atom. The highest BCUT2D eigenvalue weighted by Gasteiger charge is 1.86. The van der Waals surface area contributed by atoms with Gasteiger partial charge in [0, 0.05) is 13.2 Å². The molecule has 0 radical (unpaired) electrons. The summed E-state index contributed by atoms with van der Waals surface area (Å²) in [7, 11) is 1.34. The molecule has 0 aliphatic rings. The van der Waals surface area contributed by atoms with E-state index in [1.807, 2.05) is 0 Å². The van der Waals surface area contributed by atoms with Crippen molar-refractivity contribution in [3.8, 4) is 0 Å². The average Bonchev–Trinajstić information content (AvgIpc) is 1.97. The molecule has 0 saturated carbocycles. The van der Waals surface area contributed by atoms with Crippen LogP contribution in [0.3, 0.4) is 0 Å². The number of hydrogen-bond donors (Lipinski definition) is 2.